The van der Waals surface area contributed by atoms with Crippen molar-refractivity contribution in [1.82, 2.24) is 14.7 Å². The van der Waals surface area contributed by atoms with Gasteiger partial charge in [-0.15, -0.1) is 0 Å². The summed E-state index contributed by atoms with van der Waals surface area (Å²) in [6, 6.07) is 10.1. The summed E-state index contributed by atoms with van der Waals surface area (Å²) in [6.45, 7) is 0.938. The lowest BCUT2D eigenvalue weighted by Gasteiger charge is -2.36. The molecule has 2 aromatic carbocycles. The standard InChI is InChI=1S/C23H20Cl2F4N4O2/c1-35-18-12-16(6-7-17(18)24)31-8-10-32(11-9-31)19(34)13-33-22(23(27,28)29)20(25)21(30-33)14-2-4-15(26)5-3-14/h2-7,12H,8-11,13H2,1H3. The van der Waals surface area contributed by atoms with Gasteiger partial charge in [0.1, 0.15) is 23.8 Å². The maximum absolute atomic E-state index is 13.8. The first-order chi connectivity index (χ1) is 16.6. The van der Waals surface area contributed by atoms with E-state index in [9.17, 15) is 22.4 Å². The van der Waals surface area contributed by atoms with Gasteiger partial charge in [-0.1, -0.05) is 23.2 Å². The Balaban J connectivity index is 1.50. The van der Waals surface area contributed by atoms with Crippen LogP contribution in [0.3, 0.4) is 0 Å². The van der Waals surface area contributed by atoms with Gasteiger partial charge in [0.05, 0.1) is 17.2 Å². The van der Waals surface area contributed by atoms with Crippen LogP contribution in [-0.2, 0) is 17.5 Å². The van der Waals surface area contributed by atoms with Crippen molar-refractivity contribution in [1.29, 1.82) is 0 Å². The summed E-state index contributed by atoms with van der Waals surface area (Å²) in [5, 5.41) is 3.79. The number of hydrogen-bond donors (Lipinski definition) is 0. The number of halogens is 6. The molecule has 0 bridgehead atoms. The molecule has 1 aromatic heterocycles. The highest BCUT2D eigenvalue weighted by atomic mass is 35.5. The topological polar surface area (TPSA) is 50.6 Å². The molecule has 1 amide bonds. The molecular weight excluding hydrogens is 511 g/mol. The molecular formula is C23H20Cl2F4N4O2. The van der Waals surface area contributed by atoms with E-state index in [0.29, 0.717) is 41.6 Å². The Labute approximate surface area is 208 Å². The largest absolute Gasteiger partial charge is 0.495 e. The van der Waals surface area contributed by atoms with Crippen molar-refractivity contribution in [2.75, 3.05) is 38.2 Å². The highest BCUT2D eigenvalue weighted by Crippen LogP contribution is 2.40. The normalized spacial score (nSPS) is 14.4. The lowest BCUT2D eigenvalue weighted by atomic mass is 10.1. The van der Waals surface area contributed by atoms with E-state index in [1.54, 1.807) is 12.1 Å². The number of anilines is 1. The monoisotopic (exact) mass is 530 g/mol. The molecule has 1 aliphatic rings. The van der Waals surface area contributed by atoms with Crippen LogP contribution in [0.2, 0.25) is 10.0 Å². The van der Waals surface area contributed by atoms with Crippen LogP contribution in [0.4, 0.5) is 23.2 Å². The van der Waals surface area contributed by atoms with Crippen molar-refractivity contribution in [3.8, 4) is 17.0 Å². The molecule has 3 aromatic rings. The number of ether oxygens (including phenoxy) is 1. The number of rotatable bonds is 5. The van der Waals surface area contributed by atoms with Gasteiger partial charge in [0, 0.05) is 43.5 Å². The van der Waals surface area contributed by atoms with Gasteiger partial charge in [-0.05, 0) is 36.4 Å². The quantitative estimate of drug-likeness (QED) is 0.416. The number of aromatic nitrogens is 2. The van der Waals surface area contributed by atoms with E-state index in [1.807, 2.05) is 11.0 Å². The second-order valence-electron chi connectivity index (χ2n) is 7.86. The number of nitrogens with zero attached hydrogens (tertiary/aromatic N) is 4. The van der Waals surface area contributed by atoms with Crippen LogP contribution in [0.1, 0.15) is 5.69 Å². The minimum absolute atomic E-state index is 0.173. The zero-order valence-corrected chi connectivity index (χ0v) is 20.0. The summed E-state index contributed by atoms with van der Waals surface area (Å²) < 4.78 is 60.4. The minimum Gasteiger partial charge on any atom is -0.495 e. The number of piperazine rings is 1. The SMILES string of the molecule is COc1cc(N2CCN(C(=O)Cn3nc(-c4ccc(F)cc4)c(Cl)c3C(F)(F)F)CC2)ccc1Cl. The lowest BCUT2D eigenvalue weighted by Crippen LogP contribution is -2.49. The van der Waals surface area contributed by atoms with Crippen LogP contribution >= 0.6 is 23.2 Å². The van der Waals surface area contributed by atoms with Gasteiger partial charge in [-0.3, -0.25) is 4.79 Å². The smallest absolute Gasteiger partial charge is 0.434 e. The van der Waals surface area contributed by atoms with Crippen molar-refractivity contribution < 1.29 is 27.1 Å². The van der Waals surface area contributed by atoms with Crippen LogP contribution in [0.5, 0.6) is 5.75 Å². The molecule has 0 N–H and O–H groups in total. The van der Waals surface area contributed by atoms with Crippen molar-refractivity contribution in [3.63, 3.8) is 0 Å². The Morgan fingerprint density at radius 2 is 1.71 bits per heavy atom. The second kappa shape index (κ2) is 9.94. The van der Waals surface area contributed by atoms with Crippen LogP contribution in [0.25, 0.3) is 11.3 Å². The molecule has 1 fully saturated rings. The highest BCUT2D eigenvalue weighted by molar-refractivity contribution is 6.34. The van der Waals surface area contributed by atoms with Gasteiger partial charge in [0.15, 0.2) is 5.69 Å². The predicted molar refractivity (Wildman–Crippen MR) is 124 cm³/mol. The number of benzene rings is 2. The van der Waals surface area contributed by atoms with Gasteiger partial charge < -0.3 is 14.5 Å². The molecule has 186 valence electrons. The van der Waals surface area contributed by atoms with Crippen molar-refractivity contribution in [2.24, 2.45) is 0 Å². The summed E-state index contributed by atoms with van der Waals surface area (Å²) in [4.78, 5) is 16.4. The number of carbonyl (C=O) groups is 1. The molecule has 0 atom stereocenters. The molecule has 0 aliphatic carbocycles. The molecule has 0 radical (unpaired) electrons. The molecule has 6 nitrogen and oxygen atoms in total. The average Bonchev–Trinajstić information content (AvgIpc) is 3.16. The molecule has 2 heterocycles. The van der Waals surface area contributed by atoms with Crippen LogP contribution in [-0.4, -0.2) is 53.9 Å². The van der Waals surface area contributed by atoms with Crippen molar-refractivity contribution >= 4 is 34.8 Å². The van der Waals surface area contributed by atoms with E-state index >= 15 is 0 Å². The van der Waals surface area contributed by atoms with Gasteiger partial charge in [-0.25, -0.2) is 9.07 Å². The molecule has 35 heavy (non-hydrogen) atoms. The molecule has 0 saturated carbocycles. The number of carbonyl (C=O) groups excluding carboxylic acids is 1. The van der Waals surface area contributed by atoms with Crippen molar-refractivity contribution in [3.05, 3.63) is 64.0 Å². The highest BCUT2D eigenvalue weighted by Gasteiger charge is 2.40. The fourth-order valence-corrected chi connectivity index (χ4v) is 4.45. The third kappa shape index (κ3) is 5.33. The molecule has 1 saturated heterocycles. The van der Waals surface area contributed by atoms with Gasteiger partial charge >= 0.3 is 6.18 Å². The Morgan fingerprint density at radius 1 is 1.06 bits per heavy atom. The van der Waals surface area contributed by atoms with Crippen LogP contribution < -0.4 is 9.64 Å². The number of hydrogen-bond acceptors (Lipinski definition) is 4. The van der Waals surface area contributed by atoms with E-state index in [2.05, 4.69) is 5.10 Å². The number of alkyl halides is 3. The molecule has 0 spiro atoms. The Morgan fingerprint density at radius 3 is 2.31 bits per heavy atom. The first-order valence-electron chi connectivity index (χ1n) is 10.5. The maximum Gasteiger partial charge on any atom is 0.434 e. The fraction of sp³-hybridized carbons (Fsp3) is 0.304. The van der Waals surface area contributed by atoms with Crippen LogP contribution in [0, 0.1) is 5.82 Å². The summed E-state index contributed by atoms with van der Waals surface area (Å²) in [7, 11) is 1.51. The summed E-state index contributed by atoms with van der Waals surface area (Å²) in [6.07, 6.45) is -4.84. The van der Waals surface area contributed by atoms with Crippen LogP contribution in [0.15, 0.2) is 42.5 Å². The Bertz CT molecular complexity index is 1220. The Kier molecular flexibility index (Phi) is 7.14. The first kappa shape index (κ1) is 25.1. The molecule has 1 aliphatic heterocycles. The zero-order valence-electron chi connectivity index (χ0n) is 18.5. The van der Waals surface area contributed by atoms with E-state index in [4.69, 9.17) is 27.9 Å². The van der Waals surface area contributed by atoms with E-state index < -0.39 is 35.2 Å². The predicted octanol–water partition coefficient (Wildman–Crippen LogP) is 5.37. The van der Waals surface area contributed by atoms with Gasteiger partial charge in [0.25, 0.3) is 0 Å². The van der Waals surface area contributed by atoms with E-state index in [1.165, 1.54) is 24.1 Å². The van der Waals surface area contributed by atoms with Gasteiger partial charge in [0.2, 0.25) is 5.91 Å². The fourth-order valence-electron chi connectivity index (χ4n) is 3.90. The number of amides is 1. The first-order valence-corrected chi connectivity index (χ1v) is 11.3. The summed E-state index contributed by atoms with van der Waals surface area (Å²) >= 11 is 12.1. The molecule has 0 unspecified atom stereocenters. The average molecular weight is 531 g/mol. The van der Waals surface area contributed by atoms with E-state index in [0.717, 1.165) is 17.8 Å². The summed E-state index contributed by atoms with van der Waals surface area (Å²) in [5.41, 5.74) is -0.326. The van der Waals surface area contributed by atoms with Gasteiger partial charge in [-0.2, -0.15) is 18.3 Å². The number of methoxy groups -OCH3 is 1. The zero-order chi connectivity index (χ0) is 25.3. The molecule has 4 rings (SSSR count). The molecule has 12 heteroatoms. The lowest BCUT2D eigenvalue weighted by molar-refractivity contribution is -0.145. The Hall–Kier alpha value is -2.98. The van der Waals surface area contributed by atoms with E-state index in [-0.39, 0.29) is 11.3 Å². The third-order valence-electron chi connectivity index (χ3n) is 5.70. The second-order valence-corrected chi connectivity index (χ2v) is 8.65. The third-order valence-corrected chi connectivity index (χ3v) is 6.37. The minimum atomic E-state index is -4.84. The maximum atomic E-state index is 13.8. The summed E-state index contributed by atoms with van der Waals surface area (Å²) in [5.74, 6) is -0.546. The van der Waals surface area contributed by atoms with Crippen molar-refractivity contribution in [2.45, 2.75) is 12.7 Å².